The summed E-state index contributed by atoms with van der Waals surface area (Å²) in [6.45, 7) is 5.40. The first-order valence-corrected chi connectivity index (χ1v) is 10.1. The lowest BCUT2D eigenvalue weighted by Gasteiger charge is -2.34. The summed E-state index contributed by atoms with van der Waals surface area (Å²) in [6.07, 6.45) is 0. The highest BCUT2D eigenvalue weighted by Crippen LogP contribution is 2.23. The van der Waals surface area contributed by atoms with Crippen molar-refractivity contribution in [1.29, 1.82) is 0 Å². The zero-order chi connectivity index (χ0) is 20.5. The lowest BCUT2D eigenvalue weighted by Crippen LogP contribution is -2.49. The molecule has 8 heteroatoms. The summed E-state index contributed by atoms with van der Waals surface area (Å²) in [5.74, 6) is 1.54. The highest BCUT2D eigenvalue weighted by atomic mass is 16.2. The molecule has 0 saturated carbocycles. The molecule has 1 aliphatic heterocycles. The molecule has 0 bridgehead atoms. The van der Waals surface area contributed by atoms with Crippen LogP contribution < -0.4 is 10.2 Å². The number of nitrogens with zero attached hydrogens (tertiary/aromatic N) is 6. The molecule has 0 aliphatic carbocycles. The number of aromatic nitrogens is 4. The molecule has 0 unspecified atom stereocenters. The van der Waals surface area contributed by atoms with E-state index >= 15 is 0 Å². The van der Waals surface area contributed by atoms with Gasteiger partial charge < -0.3 is 10.2 Å². The fraction of sp³-hybridized carbons (Fsp3) is 0.273. The first-order chi connectivity index (χ1) is 14.7. The molecule has 2 aromatic carbocycles. The van der Waals surface area contributed by atoms with Crippen LogP contribution in [0.2, 0.25) is 0 Å². The van der Waals surface area contributed by atoms with Gasteiger partial charge in [-0.1, -0.05) is 30.3 Å². The van der Waals surface area contributed by atoms with Gasteiger partial charge in [-0.2, -0.15) is 4.52 Å². The standard InChI is InChI=1S/C22H23N7O/c1-16-23-21-18-9-5-6-10-19(18)25-22(29(21)26-16)28-13-11-27(12-14-28)15-20(30)24-17-7-3-2-4-8-17/h2-10H,11-15H2,1H3,(H,24,30). The Morgan fingerprint density at radius 1 is 0.967 bits per heavy atom. The van der Waals surface area contributed by atoms with Gasteiger partial charge in [-0.15, -0.1) is 5.10 Å². The molecule has 0 atom stereocenters. The second-order valence-corrected chi connectivity index (χ2v) is 7.50. The number of para-hydroxylation sites is 2. The van der Waals surface area contributed by atoms with E-state index in [2.05, 4.69) is 25.2 Å². The van der Waals surface area contributed by atoms with Crippen LogP contribution in [0.3, 0.4) is 0 Å². The van der Waals surface area contributed by atoms with Crippen LogP contribution in [0.25, 0.3) is 16.6 Å². The van der Waals surface area contributed by atoms with Crippen LogP contribution in [0, 0.1) is 6.92 Å². The van der Waals surface area contributed by atoms with Crippen molar-refractivity contribution < 1.29 is 4.79 Å². The maximum absolute atomic E-state index is 12.4. The Labute approximate surface area is 174 Å². The van der Waals surface area contributed by atoms with Gasteiger partial charge in [-0.05, 0) is 31.2 Å². The number of hydrogen-bond donors (Lipinski definition) is 1. The third-order valence-electron chi connectivity index (χ3n) is 5.35. The minimum Gasteiger partial charge on any atom is -0.338 e. The number of fused-ring (bicyclic) bond motifs is 3. The van der Waals surface area contributed by atoms with E-state index in [1.807, 2.05) is 66.0 Å². The third-order valence-corrected chi connectivity index (χ3v) is 5.35. The SMILES string of the molecule is Cc1nc2c3ccccc3nc(N3CCN(CC(=O)Nc4ccccc4)CC3)n2n1. The fourth-order valence-corrected chi connectivity index (χ4v) is 3.88. The van der Waals surface area contributed by atoms with Crippen molar-refractivity contribution in [2.45, 2.75) is 6.92 Å². The second-order valence-electron chi connectivity index (χ2n) is 7.50. The van der Waals surface area contributed by atoms with Crippen LogP contribution in [0.1, 0.15) is 5.82 Å². The lowest BCUT2D eigenvalue weighted by atomic mass is 10.2. The van der Waals surface area contributed by atoms with E-state index < -0.39 is 0 Å². The average molecular weight is 401 g/mol. The number of nitrogens with one attached hydrogen (secondary N) is 1. The number of carbonyl (C=O) groups is 1. The molecule has 1 fully saturated rings. The van der Waals surface area contributed by atoms with Crippen molar-refractivity contribution in [3.05, 3.63) is 60.4 Å². The quantitative estimate of drug-likeness (QED) is 0.566. The zero-order valence-corrected chi connectivity index (χ0v) is 16.8. The minimum absolute atomic E-state index is 0.00720. The van der Waals surface area contributed by atoms with Gasteiger partial charge in [0, 0.05) is 37.3 Å². The Balaban J connectivity index is 1.30. The molecule has 8 nitrogen and oxygen atoms in total. The maximum atomic E-state index is 12.4. The monoisotopic (exact) mass is 401 g/mol. The Hall–Kier alpha value is -3.52. The largest absolute Gasteiger partial charge is 0.338 e. The van der Waals surface area contributed by atoms with Gasteiger partial charge in [-0.3, -0.25) is 9.69 Å². The van der Waals surface area contributed by atoms with Crippen molar-refractivity contribution in [3.8, 4) is 0 Å². The van der Waals surface area contributed by atoms with Crippen molar-refractivity contribution >= 4 is 34.1 Å². The van der Waals surface area contributed by atoms with Gasteiger partial charge in [0.25, 0.3) is 0 Å². The van der Waals surface area contributed by atoms with E-state index in [4.69, 9.17) is 4.98 Å². The molecule has 1 amide bonds. The molecule has 2 aromatic heterocycles. The topological polar surface area (TPSA) is 78.7 Å². The molecule has 0 spiro atoms. The molecule has 152 valence electrons. The predicted octanol–water partition coefficient (Wildman–Crippen LogP) is 2.35. The average Bonchev–Trinajstić information content (AvgIpc) is 3.16. The van der Waals surface area contributed by atoms with Crippen molar-refractivity contribution in [2.24, 2.45) is 0 Å². The minimum atomic E-state index is 0.00720. The molecular formula is C22H23N7O. The fourth-order valence-electron chi connectivity index (χ4n) is 3.88. The number of hydrogen-bond acceptors (Lipinski definition) is 6. The van der Waals surface area contributed by atoms with Crippen molar-refractivity contribution in [3.63, 3.8) is 0 Å². The number of rotatable bonds is 4. The summed E-state index contributed by atoms with van der Waals surface area (Å²) >= 11 is 0. The van der Waals surface area contributed by atoms with Gasteiger partial charge in [0.05, 0.1) is 12.1 Å². The summed E-state index contributed by atoms with van der Waals surface area (Å²) in [6, 6.07) is 17.6. The van der Waals surface area contributed by atoms with E-state index in [-0.39, 0.29) is 5.91 Å². The molecule has 3 heterocycles. The molecule has 0 radical (unpaired) electrons. The second kappa shape index (κ2) is 7.72. The van der Waals surface area contributed by atoms with Gasteiger partial charge in [0.1, 0.15) is 5.82 Å². The molecule has 4 aromatic rings. The van der Waals surface area contributed by atoms with Gasteiger partial charge in [0.2, 0.25) is 11.9 Å². The van der Waals surface area contributed by atoms with E-state index in [1.54, 1.807) is 0 Å². The van der Waals surface area contributed by atoms with Crippen LogP contribution in [0.4, 0.5) is 11.6 Å². The van der Waals surface area contributed by atoms with E-state index in [0.717, 1.165) is 60.2 Å². The van der Waals surface area contributed by atoms with Crippen molar-refractivity contribution in [1.82, 2.24) is 24.5 Å². The smallest absolute Gasteiger partial charge is 0.238 e. The Bertz CT molecular complexity index is 1200. The lowest BCUT2D eigenvalue weighted by molar-refractivity contribution is -0.117. The number of carbonyl (C=O) groups excluding carboxylic acids is 1. The van der Waals surface area contributed by atoms with Crippen LogP contribution >= 0.6 is 0 Å². The first kappa shape index (κ1) is 18.5. The summed E-state index contributed by atoms with van der Waals surface area (Å²) in [4.78, 5) is 26.2. The van der Waals surface area contributed by atoms with Gasteiger partial charge in [-0.25, -0.2) is 9.97 Å². The van der Waals surface area contributed by atoms with Crippen LogP contribution in [0.15, 0.2) is 54.6 Å². The van der Waals surface area contributed by atoms with Crippen LogP contribution in [-0.2, 0) is 4.79 Å². The van der Waals surface area contributed by atoms with Crippen molar-refractivity contribution in [2.75, 3.05) is 42.9 Å². The molecule has 1 aliphatic rings. The number of amides is 1. The van der Waals surface area contributed by atoms with Crippen LogP contribution in [0.5, 0.6) is 0 Å². The summed E-state index contributed by atoms with van der Waals surface area (Å²) in [7, 11) is 0. The Morgan fingerprint density at radius 2 is 1.70 bits per heavy atom. The molecule has 30 heavy (non-hydrogen) atoms. The summed E-state index contributed by atoms with van der Waals surface area (Å²) in [5.41, 5.74) is 2.57. The summed E-state index contributed by atoms with van der Waals surface area (Å²) in [5, 5.41) is 8.52. The maximum Gasteiger partial charge on any atom is 0.238 e. The van der Waals surface area contributed by atoms with E-state index in [1.165, 1.54) is 0 Å². The predicted molar refractivity (Wildman–Crippen MR) is 117 cm³/mol. The van der Waals surface area contributed by atoms with Crippen LogP contribution in [-0.4, -0.2) is 63.1 Å². The summed E-state index contributed by atoms with van der Waals surface area (Å²) < 4.78 is 1.84. The van der Waals surface area contributed by atoms with Gasteiger partial charge >= 0.3 is 0 Å². The van der Waals surface area contributed by atoms with E-state index in [0.29, 0.717) is 6.54 Å². The Kier molecular flexibility index (Phi) is 4.76. The zero-order valence-electron chi connectivity index (χ0n) is 16.8. The number of piperazine rings is 1. The van der Waals surface area contributed by atoms with Gasteiger partial charge in [0.15, 0.2) is 5.65 Å². The third kappa shape index (κ3) is 3.57. The molecule has 5 rings (SSSR count). The highest BCUT2D eigenvalue weighted by Gasteiger charge is 2.23. The number of benzene rings is 2. The Morgan fingerprint density at radius 3 is 2.50 bits per heavy atom. The molecule has 1 saturated heterocycles. The number of anilines is 2. The molecular weight excluding hydrogens is 378 g/mol. The molecule has 1 N–H and O–H groups in total. The first-order valence-electron chi connectivity index (χ1n) is 10.1. The van der Waals surface area contributed by atoms with E-state index in [9.17, 15) is 4.79 Å². The number of aryl methyl sites for hydroxylation is 1. The normalized spacial score (nSPS) is 15.0. The highest BCUT2D eigenvalue weighted by molar-refractivity contribution is 5.93.